The Morgan fingerprint density at radius 1 is 1.25 bits per heavy atom. The van der Waals surface area contributed by atoms with Gasteiger partial charge in [-0.05, 0) is 24.5 Å². The van der Waals surface area contributed by atoms with E-state index in [1.54, 1.807) is 0 Å². The van der Waals surface area contributed by atoms with Crippen LogP contribution in [0.15, 0.2) is 34.7 Å². The summed E-state index contributed by atoms with van der Waals surface area (Å²) < 4.78 is 5.58. The average Bonchev–Trinajstić information content (AvgIpc) is 3.04. The SMILES string of the molecule is CC(C)C(CCO)NC(=O)NCCc1nnc(-c2ccccc2)o1. The summed E-state index contributed by atoms with van der Waals surface area (Å²) in [6, 6.07) is 9.22. The maximum Gasteiger partial charge on any atom is 0.315 e. The smallest absolute Gasteiger partial charge is 0.315 e. The van der Waals surface area contributed by atoms with Crippen molar-refractivity contribution in [2.24, 2.45) is 5.92 Å². The first kappa shape index (κ1) is 17.9. The van der Waals surface area contributed by atoms with E-state index in [2.05, 4.69) is 20.8 Å². The molecule has 0 fully saturated rings. The number of nitrogens with zero attached hydrogens (tertiary/aromatic N) is 2. The summed E-state index contributed by atoms with van der Waals surface area (Å²) in [6.45, 7) is 4.45. The van der Waals surface area contributed by atoms with Crippen LogP contribution in [0.3, 0.4) is 0 Å². The van der Waals surface area contributed by atoms with Gasteiger partial charge < -0.3 is 20.2 Å². The standard InChI is InChI=1S/C17H24N4O3/c1-12(2)14(9-11-22)19-17(23)18-10-8-15-20-21-16(24-15)13-6-4-3-5-7-13/h3-7,12,14,22H,8-11H2,1-2H3,(H2,18,19,23). The van der Waals surface area contributed by atoms with Crippen LogP contribution in [0.4, 0.5) is 4.79 Å². The predicted octanol–water partition coefficient (Wildman–Crippen LogP) is 1.99. The molecule has 0 saturated heterocycles. The minimum Gasteiger partial charge on any atom is -0.421 e. The van der Waals surface area contributed by atoms with Crippen LogP contribution in [-0.4, -0.2) is 40.5 Å². The van der Waals surface area contributed by atoms with Gasteiger partial charge in [-0.2, -0.15) is 0 Å². The fourth-order valence-electron chi connectivity index (χ4n) is 2.27. The van der Waals surface area contributed by atoms with E-state index in [1.807, 2.05) is 44.2 Å². The number of urea groups is 1. The highest BCUT2D eigenvalue weighted by atomic mass is 16.4. The highest BCUT2D eigenvalue weighted by Crippen LogP contribution is 2.16. The van der Waals surface area contributed by atoms with Gasteiger partial charge in [-0.15, -0.1) is 10.2 Å². The number of hydrogen-bond donors (Lipinski definition) is 3. The molecule has 0 aliphatic heterocycles. The summed E-state index contributed by atoms with van der Waals surface area (Å²) in [5.74, 6) is 1.20. The number of carbonyl (C=O) groups is 1. The van der Waals surface area contributed by atoms with E-state index in [4.69, 9.17) is 9.52 Å². The van der Waals surface area contributed by atoms with E-state index in [9.17, 15) is 4.79 Å². The molecule has 1 aromatic carbocycles. The van der Waals surface area contributed by atoms with Crippen LogP contribution in [0.5, 0.6) is 0 Å². The summed E-state index contributed by atoms with van der Waals surface area (Å²) >= 11 is 0. The van der Waals surface area contributed by atoms with Crippen molar-refractivity contribution in [2.45, 2.75) is 32.7 Å². The zero-order valence-electron chi connectivity index (χ0n) is 14.0. The summed E-state index contributed by atoms with van der Waals surface area (Å²) in [4.78, 5) is 11.9. The molecule has 1 aromatic heterocycles. The molecule has 2 rings (SSSR count). The molecule has 7 heteroatoms. The quantitative estimate of drug-likeness (QED) is 0.686. The minimum absolute atomic E-state index is 0.0490. The largest absolute Gasteiger partial charge is 0.421 e. The Morgan fingerprint density at radius 3 is 2.67 bits per heavy atom. The maximum absolute atomic E-state index is 11.9. The van der Waals surface area contributed by atoms with Gasteiger partial charge in [-0.1, -0.05) is 32.0 Å². The lowest BCUT2D eigenvalue weighted by atomic mass is 10.0. The van der Waals surface area contributed by atoms with E-state index >= 15 is 0 Å². The Bertz CT molecular complexity index is 628. The van der Waals surface area contributed by atoms with Gasteiger partial charge >= 0.3 is 6.03 Å². The van der Waals surface area contributed by atoms with Gasteiger partial charge in [-0.25, -0.2) is 4.79 Å². The normalized spacial score (nSPS) is 12.2. The number of nitrogens with one attached hydrogen (secondary N) is 2. The zero-order valence-corrected chi connectivity index (χ0v) is 14.0. The molecular weight excluding hydrogens is 308 g/mol. The van der Waals surface area contributed by atoms with E-state index in [1.165, 1.54) is 0 Å². The van der Waals surface area contributed by atoms with Crippen LogP contribution < -0.4 is 10.6 Å². The van der Waals surface area contributed by atoms with Crippen molar-refractivity contribution < 1.29 is 14.3 Å². The summed E-state index contributed by atoms with van der Waals surface area (Å²) in [7, 11) is 0. The van der Waals surface area contributed by atoms with Gasteiger partial charge in [0.25, 0.3) is 0 Å². The summed E-state index contributed by atoms with van der Waals surface area (Å²) in [5, 5.41) is 22.6. The molecule has 1 unspecified atom stereocenters. The van der Waals surface area contributed by atoms with Gasteiger partial charge in [0.15, 0.2) is 0 Å². The van der Waals surface area contributed by atoms with Crippen LogP contribution in [-0.2, 0) is 6.42 Å². The van der Waals surface area contributed by atoms with Crippen molar-refractivity contribution in [3.8, 4) is 11.5 Å². The van der Waals surface area contributed by atoms with Gasteiger partial charge in [0.2, 0.25) is 11.8 Å². The number of carbonyl (C=O) groups excluding carboxylic acids is 1. The van der Waals surface area contributed by atoms with Crippen LogP contribution in [0.25, 0.3) is 11.5 Å². The molecule has 1 heterocycles. The number of aliphatic hydroxyl groups is 1. The van der Waals surface area contributed by atoms with Gasteiger partial charge in [0, 0.05) is 31.2 Å². The molecule has 0 saturated carbocycles. The molecule has 130 valence electrons. The highest BCUT2D eigenvalue weighted by molar-refractivity contribution is 5.74. The molecule has 0 radical (unpaired) electrons. The number of amides is 2. The number of aliphatic hydroxyl groups excluding tert-OH is 1. The van der Waals surface area contributed by atoms with Gasteiger partial charge in [0.05, 0.1) is 0 Å². The Hall–Kier alpha value is -2.41. The molecule has 0 aliphatic rings. The van der Waals surface area contributed by atoms with Crippen molar-refractivity contribution in [1.29, 1.82) is 0 Å². The average molecular weight is 332 g/mol. The van der Waals surface area contributed by atoms with Crippen LogP contribution in [0, 0.1) is 5.92 Å². The lowest BCUT2D eigenvalue weighted by Gasteiger charge is -2.21. The second-order valence-corrected chi connectivity index (χ2v) is 5.88. The van der Waals surface area contributed by atoms with Crippen molar-refractivity contribution in [3.05, 3.63) is 36.2 Å². The van der Waals surface area contributed by atoms with Crippen molar-refractivity contribution in [2.75, 3.05) is 13.2 Å². The van der Waals surface area contributed by atoms with E-state index in [0.29, 0.717) is 31.2 Å². The van der Waals surface area contributed by atoms with Crippen LogP contribution >= 0.6 is 0 Å². The van der Waals surface area contributed by atoms with Crippen molar-refractivity contribution >= 4 is 6.03 Å². The lowest BCUT2D eigenvalue weighted by molar-refractivity contribution is 0.219. The summed E-state index contributed by atoms with van der Waals surface area (Å²) in [5.41, 5.74) is 0.866. The second kappa shape index (κ2) is 9.02. The molecule has 2 amide bonds. The number of aromatic nitrogens is 2. The first-order valence-corrected chi connectivity index (χ1v) is 8.13. The van der Waals surface area contributed by atoms with Gasteiger partial charge in [-0.3, -0.25) is 0 Å². The Labute approximate surface area is 141 Å². The zero-order chi connectivity index (χ0) is 17.4. The number of rotatable bonds is 8. The molecular formula is C17H24N4O3. The third-order valence-electron chi connectivity index (χ3n) is 3.67. The molecule has 2 aromatic rings. The maximum atomic E-state index is 11.9. The van der Waals surface area contributed by atoms with Crippen molar-refractivity contribution in [3.63, 3.8) is 0 Å². The lowest BCUT2D eigenvalue weighted by Crippen LogP contribution is -2.45. The Balaban J connectivity index is 1.78. The summed E-state index contributed by atoms with van der Waals surface area (Å²) in [6.07, 6.45) is 0.995. The molecule has 0 aliphatic carbocycles. The first-order valence-electron chi connectivity index (χ1n) is 8.13. The predicted molar refractivity (Wildman–Crippen MR) is 90.3 cm³/mol. The third-order valence-corrected chi connectivity index (χ3v) is 3.67. The Kier molecular flexibility index (Phi) is 6.74. The van der Waals surface area contributed by atoms with E-state index in [-0.39, 0.29) is 24.6 Å². The second-order valence-electron chi connectivity index (χ2n) is 5.88. The fraction of sp³-hybridized carbons (Fsp3) is 0.471. The first-order chi connectivity index (χ1) is 11.6. The molecule has 0 spiro atoms. The monoisotopic (exact) mass is 332 g/mol. The molecule has 24 heavy (non-hydrogen) atoms. The molecule has 0 bridgehead atoms. The van der Waals surface area contributed by atoms with Crippen LogP contribution in [0.2, 0.25) is 0 Å². The number of benzene rings is 1. The molecule has 7 nitrogen and oxygen atoms in total. The highest BCUT2D eigenvalue weighted by Gasteiger charge is 2.15. The number of hydrogen-bond acceptors (Lipinski definition) is 5. The molecule has 3 N–H and O–H groups in total. The third kappa shape index (κ3) is 5.34. The topological polar surface area (TPSA) is 100 Å². The van der Waals surface area contributed by atoms with E-state index in [0.717, 1.165) is 5.56 Å². The molecule has 1 atom stereocenters. The fourth-order valence-corrected chi connectivity index (χ4v) is 2.27. The van der Waals surface area contributed by atoms with Gasteiger partial charge in [0.1, 0.15) is 0 Å². The minimum atomic E-state index is -0.259. The van der Waals surface area contributed by atoms with E-state index < -0.39 is 0 Å². The van der Waals surface area contributed by atoms with Crippen molar-refractivity contribution in [1.82, 2.24) is 20.8 Å². The Morgan fingerprint density at radius 2 is 2.00 bits per heavy atom. The van der Waals surface area contributed by atoms with Crippen LogP contribution in [0.1, 0.15) is 26.2 Å².